The summed E-state index contributed by atoms with van der Waals surface area (Å²) in [4.78, 5) is 18.4. The van der Waals surface area contributed by atoms with Crippen molar-refractivity contribution in [2.24, 2.45) is 0 Å². The van der Waals surface area contributed by atoms with E-state index in [0.717, 1.165) is 42.5 Å². The topological polar surface area (TPSA) is 53.4 Å². The number of carbonyl (C=O) groups is 1. The summed E-state index contributed by atoms with van der Waals surface area (Å²) in [5.41, 5.74) is 0.746. The van der Waals surface area contributed by atoms with Gasteiger partial charge in [0, 0.05) is 24.1 Å². The number of carboxylic acids is 1. The molecule has 6 heteroatoms. The molecule has 100 valence electrons. The Morgan fingerprint density at radius 3 is 3.00 bits per heavy atom. The number of rotatable bonds is 4. The zero-order chi connectivity index (χ0) is 13.1. The van der Waals surface area contributed by atoms with Gasteiger partial charge in [0.1, 0.15) is 4.88 Å². The highest BCUT2D eigenvalue weighted by Crippen LogP contribution is 2.30. The van der Waals surface area contributed by atoms with E-state index in [9.17, 15) is 9.90 Å². The van der Waals surface area contributed by atoms with Gasteiger partial charge in [0.25, 0.3) is 0 Å². The number of aromatic nitrogens is 1. The van der Waals surface area contributed by atoms with Gasteiger partial charge in [0.05, 0.1) is 5.69 Å². The van der Waals surface area contributed by atoms with Crippen molar-refractivity contribution in [1.82, 2.24) is 4.98 Å². The van der Waals surface area contributed by atoms with Gasteiger partial charge in [-0.2, -0.15) is 11.8 Å². The molecule has 18 heavy (non-hydrogen) atoms. The highest BCUT2D eigenvalue weighted by atomic mass is 32.2. The standard InChI is InChI=1S/C12H18N2O2S2/c1-3-4-9-10(11(15)16)18-12(13-9)14-5-6-17-8(2)7-14/h8H,3-7H2,1-2H3,(H,15,16). The van der Waals surface area contributed by atoms with Crippen LogP contribution in [0.1, 0.15) is 35.6 Å². The molecule has 1 aromatic heterocycles. The van der Waals surface area contributed by atoms with Crippen LogP contribution in [0.5, 0.6) is 0 Å². The fourth-order valence-electron chi connectivity index (χ4n) is 2.04. The molecule has 0 saturated carbocycles. The molecule has 1 aromatic rings. The molecule has 0 bridgehead atoms. The predicted octanol–water partition coefficient (Wildman–Crippen LogP) is 2.74. The third-order valence-electron chi connectivity index (χ3n) is 2.88. The lowest BCUT2D eigenvalue weighted by Gasteiger charge is -2.30. The molecule has 1 N–H and O–H groups in total. The molecular formula is C12H18N2O2S2. The van der Waals surface area contributed by atoms with Gasteiger partial charge in [0.15, 0.2) is 5.13 Å². The van der Waals surface area contributed by atoms with Crippen LogP contribution in [-0.2, 0) is 6.42 Å². The van der Waals surface area contributed by atoms with Crippen molar-refractivity contribution in [3.8, 4) is 0 Å². The molecule has 1 aliphatic heterocycles. The third-order valence-corrected chi connectivity index (χ3v) is 5.16. The smallest absolute Gasteiger partial charge is 0.347 e. The van der Waals surface area contributed by atoms with Crippen molar-refractivity contribution < 1.29 is 9.90 Å². The molecule has 1 saturated heterocycles. The van der Waals surface area contributed by atoms with Crippen LogP contribution in [0.25, 0.3) is 0 Å². The molecule has 0 radical (unpaired) electrons. The molecule has 0 aromatic carbocycles. The van der Waals surface area contributed by atoms with E-state index in [4.69, 9.17) is 0 Å². The third kappa shape index (κ3) is 2.98. The number of aryl methyl sites for hydroxylation is 1. The lowest BCUT2D eigenvalue weighted by atomic mass is 10.2. The van der Waals surface area contributed by atoms with Crippen molar-refractivity contribution in [3.05, 3.63) is 10.6 Å². The zero-order valence-corrected chi connectivity index (χ0v) is 12.3. The van der Waals surface area contributed by atoms with Crippen molar-refractivity contribution in [2.45, 2.75) is 31.9 Å². The first-order valence-corrected chi connectivity index (χ1v) is 8.08. The Morgan fingerprint density at radius 1 is 1.61 bits per heavy atom. The van der Waals surface area contributed by atoms with Crippen LogP contribution in [0, 0.1) is 0 Å². The summed E-state index contributed by atoms with van der Waals surface area (Å²) < 4.78 is 0. The van der Waals surface area contributed by atoms with Gasteiger partial charge in [0.2, 0.25) is 0 Å². The Kier molecular flexibility index (Phi) is 4.50. The number of thioether (sulfide) groups is 1. The summed E-state index contributed by atoms with van der Waals surface area (Å²) in [6, 6.07) is 0. The van der Waals surface area contributed by atoms with E-state index < -0.39 is 5.97 Å². The second-order valence-electron chi connectivity index (χ2n) is 4.45. The number of anilines is 1. The minimum Gasteiger partial charge on any atom is -0.477 e. The zero-order valence-electron chi connectivity index (χ0n) is 10.7. The minimum absolute atomic E-state index is 0.415. The van der Waals surface area contributed by atoms with Crippen molar-refractivity contribution in [2.75, 3.05) is 23.7 Å². The van der Waals surface area contributed by atoms with Crippen LogP contribution in [0.15, 0.2) is 0 Å². The van der Waals surface area contributed by atoms with Crippen molar-refractivity contribution in [1.29, 1.82) is 0 Å². The number of hydrogen-bond acceptors (Lipinski definition) is 5. The summed E-state index contributed by atoms with van der Waals surface area (Å²) in [6.45, 7) is 6.18. The molecule has 1 aliphatic rings. The maximum Gasteiger partial charge on any atom is 0.347 e. The predicted molar refractivity (Wildman–Crippen MR) is 77.2 cm³/mol. The first-order chi connectivity index (χ1) is 8.61. The highest BCUT2D eigenvalue weighted by molar-refractivity contribution is 8.00. The molecule has 2 heterocycles. The van der Waals surface area contributed by atoms with E-state index in [1.54, 1.807) is 0 Å². The first kappa shape index (κ1) is 13.7. The van der Waals surface area contributed by atoms with E-state index in [2.05, 4.69) is 16.8 Å². The van der Waals surface area contributed by atoms with E-state index >= 15 is 0 Å². The summed E-state index contributed by atoms with van der Waals surface area (Å²) in [6.07, 6.45) is 1.67. The number of hydrogen-bond donors (Lipinski definition) is 1. The van der Waals surface area contributed by atoms with Crippen molar-refractivity contribution >= 4 is 34.2 Å². The largest absolute Gasteiger partial charge is 0.477 e. The van der Waals surface area contributed by atoms with Crippen molar-refractivity contribution in [3.63, 3.8) is 0 Å². The summed E-state index contributed by atoms with van der Waals surface area (Å²) in [5.74, 6) is 0.244. The number of nitrogens with zero attached hydrogens (tertiary/aromatic N) is 2. The molecular weight excluding hydrogens is 268 g/mol. The molecule has 0 amide bonds. The van der Waals surface area contributed by atoms with Gasteiger partial charge < -0.3 is 10.0 Å². The van der Waals surface area contributed by atoms with E-state index in [-0.39, 0.29) is 0 Å². The summed E-state index contributed by atoms with van der Waals surface area (Å²) >= 11 is 3.29. The van der Waals surface area contributed by atoms with E-state index in [1.807, 2.05) is 18.7 Å². The van der Waals surface area contributed by atoms with Gasteiger partial charge in [-0.25, -0.2) is 9.78 Å². The average Bonchev–Trinajstić information content (AvgIpc) is 2.74. The average molecular weight is 286 g/mol. The molecule has 1 atom stereocenters. The number of carboxylic acid groups (broad SMARTS) is 1. The van der Waals surface area contributed by atoms with E-state index in [1.165, 1.54) is 11.3 Å². The lowest BCUT2D eigenvalue weighted by molar-refractivity contribution is 0.0700. The molecule has 1 unspecified atom stereocenters. The van der Waals surface area contributed by atoms with Gasteiger partial charge in [-0.3, -0.25) is 0 Å². The van der Waals surface area contributed by atoms with Gasteiger partial charge >= 0.3 is 5.97 Å². The van der Waals surface area contributed by atoms with Crippen LogP contribution < -0.4 is 4.90 Å². The van der Waals surface area contributed by atoms with Crippen LogP contribution in [0.4, 0.5) is 5.13 Å². The second-order valence-corrected chi connectivity index (χ2v) is 6.98. The van der Waals surface area contributed by atoms with Gasteiger partial charge in [-0.15, -0.1) is 0 Å². The van der Waals surface area contributed by atoms with Crippen LogP contribution in [0.3, 0.4) is 0 Å². The van der Waals surface area contributed by atoms with Crippen LogP contribution in [-0.4, -0.2) is 40.2 Å². The molecule has 0 aliphatic carbocycles. The summed E-state index contributed by atoms with van der Waals surface area (Å²) in [5, 5.41) is 10.7. The Labute approximate surface area is 115 Å². The Balaban J connectivity index is 2.22. The Hall–Kier alpha value is -0.750. The van der Waals surface area contributed by atoms with Gasteiger partial charge in [-0.1, -0.05) is 31.6 Å². The molecule has 0 spiro atoms. The normalized spacial score (nSPS) is 20.1. The lowest BCUT2D eigenvalue weighted by Crippen LogP contribution is -2.36. The second kappa shape index (κ2) is 5.93. The molecule has 4 nitrogen and oxygen atoms in total. The molecule has 1 fully saturated rings. The fraction of sp³-hybridized carbons (Fsp3) is 0.667. The maximum absolute atomic E-state index is 11.2. The number of thiazole rings is 1. The summed E-state index contributed by atoms with van der Waals surface area (Å²) in [7, 11) is 0. The first-order valence-electron chi connectivity index (χ1n) is 6.21. The van der Waals surface area contributed by atoms with E-state index in [0.29, 0.717) is 10.1 Å². The van der Waals surface area contributed by atoms with Gasteiger partial charge in [-0.05, 0) is 6.42 Å². The maximum atomic E-state index is 11.2. The quantitative estimate of drug-likeness (QED) is 0.922. The Bertz CT molecular complexity index is 434. The van der Waals surface area contributed by atoms with Crippen LogP contribution in [0.2, 0.25) is 0 Å². The minimum atomic E-state index is -0.846. The van der Waals surface area contributed by atoms with Crippen LogP contribution >= 0.6 is 23.1 Å². The SMILES string of the molecule is CCCc1nc(N2CCSC(C)C2)sc1C(=O)O. The highest BCUT2D eigenvalue weighted by Gasteiger charge is 2.23. The number of aromatic carboxylic acids is 1. The fourth-order valence-corrected chi connectivity index (χ4v) is 4.04. The molecule has 2 rings (SSSR count). The Morgan fingerprint density at radius 2 is 2.39 bits per heavy atom. The monoisotopic (exact) mass is 286 g/mol.